The molecule has 0 amide bonds. The van der Waals surface area contributed by atoms with E-state index in [1.54, 1.807) is 61.5 Å². The fourth-order valence-electron chi connectivity index (χ4n) is 3.91. The minimum atomic E-state index is -1.41. The van der Waals surface area contributed by atoms with E-state index in [1.807, 2.05) is 48.5 Å². The smallest absolute Gasteiger partial charge is 0.168 e. The average Bonchev–Trinajstić information content (AvgIpc) is 2.98. The molecule has 10 heteroatoms. The zero-order valence-electron chi connectivity index (χ0n) is 24.1. The van der Waals surface area contributed by atoms with Gasteiger partial charge in [-0.3, -0.25) is 10.7 Å². The summed E-state index contributed by atoms with van der Waals surface area (Å²) in [6.45, 7) is 3.43. The first kappa shape index (κ1) is 34.9. The van der Waals surface area contributed by atoms with Gasteiger partial charge < -0.3 is 33.5 Å². The van der Waals surface area contributed by atoms with Crippen LogP contribution in [-0.2, 0) is 31.6 Å². The van der Waals surface area contributed by atoms with Crippen molar-refractivity contribution < 1.29 is 54.8 Å². The Morgan fingerprint density at radius 1 is 0.775 bits per heavy atom. The van der Waals surface area contributed by atoms with Crippen molar-refractivity contribution in [2.24, 2.45) is 0 Å². The molecule has 1 unspecified atom stereocenters. The second-order valence-electron chi connectivity index (χ2n) is 8.52. The first-order valence-corrected chi connectivity index (χ1v) is 13.3. The van der Waals surface area contributed by atoms with Crippen LogP contribution >= 0.6 is 8.58 Å². The fourth-order valence-corrected chi connectivity index (χ4v) is 5.44. The summed E-state index contributed by atoms with van der Waals surface area (Å²) in [5.41, 5.74) is -0.145. The molecule has 0 fully saturated rings. The van der Waals surface area contributed by atoms with Crippen molar-refractivity contribution in [1.29, 1.82) is 0 Å². The molecule has 222 valence electrons. The zero-order valence-corrected chi connectivity index (χ0v) is 26.1. The van der Waals surface area contributed by atoms with Crippen LogP contribution in [0, 0.1) is 5.92 Å². The monoisotopic (exact) mass is 615 g/mol. The van der Waals surface area contributed by atoms with Crippen LogP contribution in [0.4, 0.5) is 0 Å². The fraction of sp³-hybridized carbons (Fsp3) is 0.333. The van der Waals surface area contributed by atoms with Gasteiger partial charge in [0, 0.05) is 34.8 Å². The Kier molecular flexibility index (Phi) is 14.7. The van der Waals surface area contributed by atoms with E-state index >= 15 is 0 Å². The second-order valence-corrected chi connectivity index (χ2v) is 9.72. The molecule has 0 aliphatic rings. The SMILES string of the molecule is COC(=O)[C-](C)C.COc1cc(OC)c([C@](O)(CPc2c(OC)cccc2OC)c2ccccc2)c(OC)c1.[Ni]. The van der Waals surface area contributed by atoms with Crippen molar-refractivity contribution in [3.05, 3.63) is 77.7 Å². The van der Waals surface area contributed by atoms with Crippen LogP contribution in [0.2, 0.25) is 0 Å². The second kappa shape index (κ2) is 16.9. The van der Waals surface area contributed by atoms with Crippen molar-refractivity contribution in [3.63, 3.8) is 0 Å². The van der Waals surface area contributed by atoms with Gasteiger partial charge in [-0.05, 0) is 17.7 Å². The molecule has 40 heavy (non-hydrogen) atoms. The third-order valence-corrected chi connectivity index (χ3v) is 7.46. The van der Waals surface area contributed by atoms with Gasteiger partial charge >= 0.3 is 0 Å². The van der Waals surface area contributed by atoms with Crippen LogP contribution in [0.25, 0.3) is 0 Å². The Morgan fingerprint density at radius 3 is 1.65 bits per heavy atom. The molecular weight excluding hydrogens is 578 g/mol. The first-order valence-electron chi connectivity index (χ1n) is 12.1. The van der Waals surface area contributed by atoms with Crippen LogP contribution < -0.4 is 29.0 Å². The van der Waals surface area contributed by atoms with E-state index in [2.05, 4.69) is 4.74 Å². The number of carbonyl (C=O) groups is 1. The summed E-state index contributed by atoms with van der Waals surface area (Å²) in [6, 6.07) is 18.7. The maximum absolute atomic E-state index is 12.3. The van der Waals surface area contributed by atoms with E-state index in [0.717, 1.165) is 10.9 Å². The molecule has 1 N–H and O–H groups in total. The molecular formula is C30H38NiO8P-. The van der Waals surface area contributed by atoms with Gasteiger partial charge in [0.2, 0.25) is 0 Å². The number of rotatable bonds is 11. The van der Waals surface area contributed by atoms with E-state index in [0.29, 0.717) is 46.4 Å². The number of ether oxygens (including phenoxy) is 6. The van der Waals surface area contributed by atoms with E-state index in [4.69, 9.17) is 23.7 Å². The van der Waals surface area contributed by atoms with E-state index in [9.17, 15) is 9.90 Å². The molecule has 8 nitrogen and oxygen atoms in total. The maximum atomic E-state index is 12.3. The standard InChI is InChI=1S/C25H29O6P.C5H9O2.Ni/c1-27-18-14-21(30-4)23(22(15-18)31-5)25(26,17-10-7-6-8-11-17)16-32-24-19(28-2)12-9-13-20(24)29-3;1-4(2)5(6)7-3;/h6-15,26,32H,16H2,1-5H3;1-3H3;/q;-1;/t25-;;/m0../s1. The van der Waals surface area contributed by atoms with E-state index < -0.39 is 5.60 Å². The van der Waals surface area contributed by atoms with Crippen LogP contribution in [0.5, 0.6) is 28.7 Å². The molecule has 0 radical (unpaired) electrons. The Bertz CT molecular complexity index is 1160. The molecule has 0 spiro atoms. The summed E-state index contributed by atoms with van der Waals surface area (Å²) in [4.78, 5) is 10.3. The maximum Gasteiger partial charge on any atom is 0.168 e. The molecule has 0 aromatic heterocycles. The van der Waals surface area contributed by atoms with Crippen molar-refractivity contribution in [1.82, 2.24) is 0 Å². The Labute approximate surface area is 249 Å². The Hall–Kier alpha value is -3.12. The molecule has 0 bridgehead atoms. The van der Waals surface area contributed by atoms with Gasteiger partial charge in [-0.2, -0.15) is 13.8 Å². The largest absolute Gasteiger partial charge is 0.496 e. The molecule has 0 saturated heterocycles. The van der Waals surface area contributed by atoms with Gasteiger partial charge in [-0.1, -0.05) is 45.0 Å². The molecule has 0 saturated carbocycles. The molecule has 3 aromatic rings. The predicted molar refractivity (Wildman–Crippen MR) is 155 cm³/mol. The van der Waals surface area contributed by atoms with Gasteiger partial charge in [0.25, 0.3) is 0 Å². The van der Waals surface area contributed by atoms with Gasteiger partial charge in [0.1, 0.15) is 34.3 Å². The van der Waals surface area contributed by atoms with Crippen molar-refractivity contribution in [2.45, 2.75) is 19.4 Å². The summed E-state index contributed by atoms with van der Waals surface area (Å²) >= 11 is 0. The molecule has 3 rings (SSSR count). The van der Waals surface area contributed by atoms with E-state index in [1.165, 1.54) is 7.11 Å². The summed E-state index contributed by atoms with van der Waals surface area (Å²) in [7, 11) is 9.50. The van der Waals surface area contributed by atoms with Crippen LogP contribution in [-0.4, -0.2) is 59.9 Å². The summed E-state index contributed by atoms with van der Waals surface area (Å²) in [5, 5.41) is 13.2. The van der Waals surface area contributed by atoms with Crippen LogP contribution in [0.1, 0.15) is 25.0 Å². The van der Waals surface area contributed by atoms with Gasteiger partial charge in [-0.25, -0.2) is 0 Å². The van der Waals surface area contributed by atoms with Gasteiger partial charge in [0.05, 0.1) is 53.5 Å². The third kappa shape index (κ3) is 8.44. The van der Waals surface area contributed by atoms with Crippen molar-refractivity contribution >= 4 is 19.9 Å². The number of aliphatic hydroxyl groups is 1. The summed E-state index contributed by atoms with van der Waals surface area (Å²) < 4.78 is 32.2. The number of hydrogen-bond acceptors (Lipinski definition) is 8. The quantitative estimate of drug-likeness (QED) is 0.143. The first-order chi connectivity index (χ1) is 18.7. The van der Waals surface area contributed by atoms with E-state index in [-0.39, 0.29) is 31.0 Å². The van der Waals surface area contributed by atoms with Crippen LogP contribution in [0.15, 0.2) is 60.7 Å². The molecule has 3 aromatic carbocycles. The minimum absolute atomic E-state index is 0. The van der Waals surface area contributed by atoms with Gasteiger partial charge in [0.15, 0.2) is 5.97 Å². The summed E-state index contributed by atoms with van der Waals surface area (Å²) in [6.07, 6.45) is 0.354. The molecule has 0 aliphatic carbocycles. The summed E-state index contributed by atoms with van der Waals surface area (Å²) in [5.74, 6) is 3.40. The van der Waals surface area contributed by atoms with Gasteiger partial charge in [-0.15, -0.1) is 0 Å². The zero-order chi connectivity index (χ0) is 29.0. The minimum Gasteiger partial charge on any atom is -0.496 e. The third-order valence-electron chi connectivity index (χ3n) is 5.92. The van der Waals surface area contributed by atoms with Crippen LogP contribution in [0.3, 0.4) is 0 Å². The van der Waals surface area contributed by atoms with Crippen molar-refractivity contribution in [2.75, 3.05) is 48.8 Å². The average molecular weight is 616 g/mol. The molecule has 0 heterocycles. The number of carbonyl (C=O) groups excluding carboxylic acids is 1. The normalized spacial score (nSPS) is 11.7. The topological polar surface area (TPSA) is 92.7 Å². The number of benzene rings is 3. The number of hydrogen-bond donors (Lipinski definition) is 1. The number of esters is 1. The number of methoxy groups -OCH3 is 6. The predicted octanol–water partition coefficient (Wildman–Crippen LogP) is 4.74. The Balaban J connectivity index is 0.000000886. The molecule has 0 aliphatic heterocycles. The molecule has 2 atom stereocenters. The van der Waals surface area contributed by atoms with Crippen molar-refractivity contribution in [3.8, 4) is 28.7 Å². The Morgan fingerprint density at radius 2 is 1.27 bits per heavy atom.